The van der Waals surface area contributed by atoms with Gasteiger partial charge in [-0.25, -0.2) is 0 Å². The first kappa shape index (κ1) is 14.3. The Morgan fingerprint density at radius 2 is 1.89 bits per heavy atom. The molecule has 2 nitrogen and oxygen atoms in total. The molecule has 1 heterocycles. The highest BCUT2D eigenvalue weighted by Crippen LogP contribution is 2.30. The van der Waals surface area contributed by atoms with Gasteiger partial charge in [0.1, 0.15) is 0 Å². The van der Waals surface area contributed by atoms with Gasteiger partial charge in [-0.05, 0) is 51.0 Å². The first-order chi connectivity index (χ1) is 8.90. The summed E-state index contributed by atoms with van der Waals surface area (Å²) in [7, 11) is 0. The fraction of sp³-hybridized carbons (Fsp3) is 1.00. The van der Waals surface area contributed by atoms with Gasteiger partial charge in [-0.1, -0.05) is 32.6 Å². The smallest absolute Gasteiger partial charge is 0.0728 e. The molecule has 1 saturated carbocycles. The van der Waals surface area contributed by atoms with Crippen LogP contribution in [0.5, 0.6) is 0 Å². The van der Waals surface area contributed by atoms with Crippen molar-refractivity contribution in [3.63, 3.8) is 0 Å². The van der Waals surface area contributed by atoms with Gasteiger partial charge >= 0.3 is 0 Å². The molecule has 0 spiro atoms. The van der Waals surface area contributed by atoms with Crippen LogP contribution < -0.4 is 5.32 Å². The van der Waals surface area contributed by atoms with E-state index in [4.69, 9.17) is 4.74 Å². The van der Waals surface area contributed by atoms with Crippen molar-refractivity contribution in [1.29, 1.82) is 0 Å². The second-order valence-electron chi connectivity index (χ2n) is 6.19. The quantitative estimate of drug-likeness (QED) is 0.743. The summed E-state index contributed by atoms with van der Waals surface area (Å²) < 4.78 is 5.99. The molecule has 2 atom stereocenters. The first-order valence-corrected chi connectivity index (χ1v) is 8.25. The highest BCUT2D eigenvalue weighted by atomic mass is 16.5. The fourth-order valence-electron chi connectivity index (χ4n) is 3.55. The summed E-state index contributed by atoms with van der Waals surface area (Å²) in [6.07, 6.45) is 14.3. The maximum Gasteiger partial charge on any atom is 0.0728 e. The molecular weight excluding hydrogens is 222 g/mol. The second-order valence-corrected chi connectivity index (χ2v) is 6.19. The van der Waals surface area contributed by atoms with Crippen LogP contribution in [-0.4, -0.2) is 25.3 Å². The zero-order valence-electron chi connectivity index (χ0n) is 12.1. The van der Waals surface area contributed by atoms with E-state index in [9.17, 15) is 0 Å². The van der Waals surface area contributed by atoms with Crippen LogP contribution in [0, 0.1) is 5.92 Å². The second kappa shape index (κ2) is 8.16. The molecule has 106 valence electrons. The van der Waals surface area contributed by atoms with Crippen molar-refractivity contribution in [2.24, 2.45) is 5.92 Å². The van der Waals surface area contributed by atoms with Crippen molar-refractivity contribution in [3.05, 3.63) is 0 Å². The van der Waals surface area contributed by atoms with E-state index in [1.54, 1.807) is 0 Å². The van der Waals surface area contributed by atoms with Crippen LogP contribution in [0.4, 0.5) is 0 Å². The van der Waals surface area contributed by atoms with Crippen molar-refractivity contribution in [2.45, 2.75) is 83.3 Å². The lowest BCUT2D eigenvalue weighted by Gasteiger charge is -2.32. The molecule has 0 aromatic carbocycles. The number of hydrogen-bond donors (Lipinski definition) is 1. The molecule has 2 aliphatic rings. The number of rotatable bonds is 7. The summed E-state index contributed by atoms with van der Waals surface area (Å²) >= 11 is 0. The molecule has 0 bridgehead atoms. The predicted octanol–water partition coefficient (Wildman–Crippen LogP) is 3.89. The van der Waals surface area contributed by atoms with Crippen LogP contribution in [-0.2, 0) is 4.74 Å². The Bertz CT molecular complexity index is 207. The molecule has 1 aliphatic heterocycles. The van der Waals surface area contributed by atoms with E-state index in [0.717, 1.165) is 19.1 Å². The van der Waals surface area contributed by atoms with E-state index in [0.29, 0.717) is 12.1 Å². The maximum absolute atomic E-state index is 5.99. The van der Waals surface area contributed by atoms with Gasteiger partial charge in [-0.15, -0.1) is 0 Å². The van der Waals surface area contributed by atoms with E-state index in [1.165, 1.54) is 64.2 Å². The van der Waals surface area contributed by atoms with E-state index < -0.39 is 0 Å². The summed E-state index contributed by atoms with van der Waals surface area (Å²) in [5, 5.41) is 3.74. The van der Waals surface area contributed by atoms with Gasteiger partial charge in [0, 0.05) is 12.6 Å². The molecule has 0 amide bonds. The van der Waals surface area contributed by atoms with Crippen LogP contribution in [0.3, 0.4) is 0 Å². The van der Waals surface area contributed by atoms with Crippen molar-refractivity contribution >= 4 is 0 Å². The maximum atomic E-state index is 5.99. The SMILES string of the molecule is CCCNC(CCC1CCCC1)C1CCCCO1. The Balaban J connectivity index is 1.75. The minimum Gasteiger partial charge on any atom is -0.377 e. The van der Waals surface area contributed by atoms with E-state index >= 15 is 0 Å². The zero-order chi connectivity index (χ0) is 12.6. The highest BCUT2D eigenvalue weighted by Gasteiger charge is 2.25. The molecule has 2 heteroatoms. The average molecular weight is 253 g/mol. The summed E-state index contributed by atoms with van der Waals surface area (Å²) in [5.74, 6) is 1.01. The molecule has 18 heavy (non-hydrogen) atoms. The van der Waals surface area contributed by atoms with Crippen LogP contribution in [0.15, 0.2) is 0 Å². The molecule has 2 fully saturated rings. The van der Waals surface area contributed by atoms with Gasteiger partial charge < -0.3 is 10.1 Å². The number of ether oxygens (including phenoxy) is 1. The minimum atomic E-state index is 0.492. The standard InChI is InChI=1S/C16H31NO/c1-2-12-17-15(16-9-5-6-13-18-16)11-10-14-7-3-4-8-14/h14-17H,2-13H2,1H3. The summed E-state index contributed by atoms with van der Waals surface area (Å²) in [4.78, 5) is 0. The topological polar surface area (TPSA) is 21.3 Å². The lowest BCUT2D eigenvalue weighted by molar-refractivity contribution is -0.0104. The van der Waals surface area contributed by atoms with Gasteiger partial charge in [-0.3, -0.25) is 0 Å². The third-order valence-corrected chi connectivity index (χ3v) is 4.68. The third kappa shape index (κ3) is 4.55. The molecule has 2 unspecified atom stereocenters. The Morgan fingerprint density at radius 1 is 1.11 bits per heavy atom. The summed E-state index contributed by atoms with van der Waals surface area (Å²) in [6.45, 7) is 4.39. The third-order valence-electron chi connectivity index (χ3n) is 4.68. The van der Waals surface area contributed by atoms with Crippen LogP contribution in [0.25, 0.3) is 0 Å². The highest BCUT2D eigenvalue weighted by molar-refractivity contribution is 4.81. The van der Waals surface area contributed by atoms with Gasteiger partial charge in [0.05, 0.1) is 6.10 Å². The van der Waals surface area contributed by atoms with Crippen LogP contribution >= 0.6 is 0 Å². The van der Waals surface area contributed by atoms with Crippen LogP contribution in [0.1, 0.15) is 71.1 Å². The van der Waals surface area contributed by atoms with E-state index in [-0.39, 0.29) is 0 Å². The Labute approximate surface area is 113 Å². The van der Waals surface area contributed by atoms with Crippen molar-refractivity contribution in [2.75, 3.05) is 13.2 Å². The van der Waals surface area contributed by atoms with E-state index in [2.05, 4.69) is 12.2 Å². The molecule has 0 radical (unpaired) electrons. The molecule has 1 aliphatic carbocycles. The summed E-state index contributed by atoms with van der Waals surface area (Å²) in [5.41, 5.74) is 0. The molecule has 0 aromatic heterocycles. The van der Waals surface area contributed by atoms with Crippen LogP contribution in [0.2, 0.25) is 0 Å². The van der Waals surface area contributed by atoms with Gasteiger partial charge in [-0.2, -0.15) is 0 Å². The minimum absolute atomic E-state index is 0.492. The Hall–Kier alpha value is -0.0800. The number of nitrogens with one attached hydrogen (secondary N) is 1. The van der Waals surface area contributed by atoms with Gasteiger partial charge in [0.25, 0.3) is 0 Å². The first-order valence-electron chi connectivity index (χ1n) is 8.25. The lowest BCUT2D eigenvalue weighted by Crippen LogP contribution is -2.43. The predicted molar refractivity (Wildman–Crippen MR) is 76.9 cm³/mol. The van der Waals surface area contributed by atoms with E-state index in [1.807, 2.05) is 0 Å². The van der Waals surface area contributed by atoms with Gasteiger partial charge in [0.2, 0.25) is 0 Å². The Kier molecular flexibility index (Phi) is 6.50. The fourth-order valence-corrected chi connectivity index (χ4v) is 3.55. The largest absolute Gasteiger partial charge is 0.377 e. The molecule has 1 saturated heterocycles. The molecule has 0 aromatic rings. The zero-order valence-corrected chi connectivity index (χ0v) is 12.1. The Morgan fingerprint density at radius 3 is 2.56 bits per heavy atom. The molecule has 1 N–H and O–H groups in total. The number of hydrogen-bond acceptors (Lipinski definition) is 2. The normalized spacial score (nSPS) is 27.5. The average Bonchev–Trinajstić information content (AvgIpc) is 2.93. The van der Waals surface area contributed by atoms with Crippen molar-refractivity contribution in [3.8, 4) is 0 Å². The summed E-state index contributed by atoms with van der Waals surface area (Å²) in [6, 6.07) is 0.617. The molecular formula is C16H31NO. The van der Waals surface area contributed by atoms with Crippen molar-refractivity contribution < 1.29 is 4.74 Å². The lowest BCUT2D eigenvalue weighted by atomic mass is 9.93. The van der Waals surface area contributed by atoms with Crippen molar-refractivity contribution in [1.82, 2.24) is 5.32 Å². The van der Waals surface area contributed by atoms with Gasteiger partial charge in [0.15, 0.2) is 0 Å². The monoisotopic (exact) mass is 253 g/mol. The molecule has 2 rings (SSSR count).